The molecule has 0 atom stereocenters. The number of benzene rings is 2. The van der Waals surface area contributed by atoms with Crippen LogP contribution in [0.2, 0.25) is 0 Å². The summed E-state index contributed by atoms with van der Waals surface area (Å²) in [5.41, 5.74) is 0.881. The summed E-state index contributed by atoms with van der Waals surface area (Å²) in [5.74, 6) is -0.792. The predicted octanol–water partition coefficient (Wildman–Crippen LogP) is 2.01. The molecule has 3 rings (SSSR count). The number of hydrogen-bond acceptors (Lipinski definition) is 7. The minimum absolute atomic E-state index is 0.0654. The molecule has 2 amide bonds. The van der Waals surface area contributed by atoms with Crippen molar-refractivity contribution in [2.75, 3.05) is 43.0 Å². The molecule has 10 nitrogen and oxygen atoms in total. The van der Waals surface area contributed by atoms with E-state index in [0.29, 0.717) is 30.2 Å². The molecule has 2 aromatic rings. The van der Waals surface area contributed by atoms with Crippen molar-refractivity contribution in [1.29, 1.82) is 0 Å². The maximum atomic E-state index is 12.9. The average molecular weight is 490 g/mol. The third-order valence-corrected chi connectivity index (χ3v) is 7.01. The van der Waals surface area contributed by atoms with E-state index in [0.717, 1.165) is 17.1 Å². The molecular weight excluding hydrogens is 462 g/mol. The molecule has 2 aromatic carbocycles. The zero-order valence-electron chi connectivity index (χ0n) is 19.0. The molecule has 0 unspecified atom stereocenters. The van der Waals surface area contributed by atoms with Gasteiger partial charge in [-0.25, -0.2) is 13.2 Å². The number of nitrogens with one attached hydrogen (secondary N) is 1. The molecule has 1 N–H and O–H groups in total. The first kappa shape index (κ1) is 25.0. The molecule has 1 aliphatic rings. The third kappa shape index (κ3) is 6.47. The Bertz CT molecular complexity index is 1130. The summed E-state index contributed by atoms with van der Waals surface area (Å²) in [6.07, 6.45) is 1.92. The van der Waals surface area contributed by atoms with Crippen LogP contribution in [0.15, 0.2) is 53.4 Å². The van der Waals surface area contributed by atoms with Crippen molar-refractivity contribution in [2.45, 2.75) is 24.7 Å². The van der Waals surface area contributed by atoms with E-state index >= 15 is 0 Å². The second kappa shape index (κ2) is 11.0. The normalized spacial score (nSPS) is 13.3. The van der Waals surface area contributed by atoms with Crippen LogP contribution in [0.5, 0.6) is 5.75 Å². The number of likely N-dealkylation sites (tertiary alicyclic amines) is 1. The fraction of sp³-hybridized carbons (Fsp3) is 0.348. The van der Waals surface area contributed by atoms with Crippen LogP contribution in [0.25, 0.3) is 0 Å². The monoisotopic (exact) mass is 489 g/mol. The first-order valence-corrected chi connectivity index (χ1v) is 12.1. The highest BCUT2D eigenvalue weighted by Crippen LogP contribution is 2.25. The van der Waals surface area contributed by atoms with Crippen LogP contribution >= 0.6 is 0 Å². The van der Waals surface area contributed by atoms with Crippen LogP contribution in [-0.2, 0) is 29.1 Å². The van der Waals surface area contributed by atoms with E-state index in [2.05, 4.69) is 5.32 Å². The Labute approximate surface area is 198 Å². The molecule has 34 heavy (non-hydrogen) atoms. The number of carbonyl (C=O) groups excluding carboxylic acids is 3. The summed E-state index contributed by atoms with van der Waals surface area (Å²) in [7, 11) is -2.41. The Balaban J connectivity index is 1.53. The summed E-state index contributed by atoms with van der Waals surface area (Å²) >= 11 is 0. The van der Waals surface area contributed by atoms with Gasteiger partial charge in [0.25, 0.3) is 15.9 Å². The van der Waals surface area contributed by atoms with E-state index in [1.54, 1.807) is 17.0 Å². The molecule has 182 valence electrons. The summed E-state index contributed by atoms with van der Waals surface area (Å²) in [4.78, 5) is 36.6. The van der Waals surface area contributed by atoms with Gasteiger partial charge in [0.15, 0.2) is 13.2 Å². The van der Waals surface area contributed by atoms with Gasteiger partial charge >= 0.3 is 5.97 Å². The lowest BCUT2D eigenvalue weighted by Gasteiger charge is -2.20. The standard InChI is InChI=1S/C23H27N3O7S/c1-17(27)24-18-5-11-21(12-6-18)34(30,31)25(2)19-7-9-20(10-8-19)32-16-23(29)33-15-22(28)26-13-3-4-14-26/h5-12H,3-4,13-16H2,1-2H3,(H,24,27). The molecule has 1 heterocycles. The lowest BCUT2D eigenvalue weighted by atomic mass is 10.3. The van der Waals surface area contributed by atoms with Gasteiger partial charge < -0.3 is 19.7 Å². The Morgan fingerprint density at radius 2 is 1.59 bits per heavy atom. The summed E-state index contributed by atoms with van der Waals surface area (Å²) in [5, 5.41) is 2.58. The van der Waals surface area contributed by atoms with E-state index < -0.39 is 16.0 Å². The Hall–Kier alpha value is -3.60. The van der Waals surface area contributed by atoms with Gasteiger partial charge in [0, 0.05) is 32.7 Å². The van der Waals surface area contributed by atoms with Gasteiger partial charge in [0.05, 0.1) is 10.6 Å². The van der Waals surface area contributed by atoms with Crippen molar-refractivity contribution in [2.24, 2.45) is 0 Å². The fourth-order valence-electron chi connectivity index (χ4n) is 3.35. The van der Waals surface area contributed by atoms with Crippen LogP contribution in [0.1, 0.15) is 19.8 Å². The number of carbonyl (C=O) groups is 3. The summed E-state index contributed by atoms with van der Waals surface area (Å²) in [6.45, 7) is 2.06. The van der Waals surface area contributed by atoms with Crippen molar-refractivity contribution in [3.05, 3.63) is 48.5 Å². The number of nitrogens with zero attached hydrogens (tertiary/aromatic N) is 2. The Morgan fingerprint density at radius 1 is 0.971 bits per heavy atom. The van der Waals surface area contributed by atoms with Crippen molar-refractivity contribution < 1.29 is 32.3 Å². The van der Waals surface area contributed by atoms with Gasteiger partial charge in [0.1, 0.15) is 5.75 Å². The average Bonchev–Trinajstić information content (AvgIpc) is 3.36. The van der Waals surface area contributed by atoms with Crippen LogP contribution < -0.4 is 14.4 Å². The van der Waals surface area contributed by atoms with Crippen molar-refractivity contribution in [1.82, 2.24) is 4.90 Å². The second-order valence-electron chi connectivity index (χ2n) is 7.71. The number of rotatable bonds is 9. The van der Waals surface area contributed by atoms with Gasteiger partial charge in [0.2, 0.25) is 5.91 Å². The molecule has 11 heteroatoms. The zero-order valence-corrected chi connectivity index (χ0v) is 19.8. The van der Waals surface area contributed by atoms with E-state index in [4.69, 9.17) is 9.47 Å². The number of amides is 2. The Kier molecular flexibility index (Phi) is 8.11. The van der Waals surface area contributed by atoms with Gasteiger partial charge in [-0.1, -0.05) is 0 Å². The summed E-state index contributed by atoms with van der Waals surface area (Å²) in [6, 6.07) is 12.0. The van der Waals surface area contributed by atoms with Crippen molar-refractivity contribution in [3.8, 4) is 5.75 Å². The molecular formula is C23H27N3O7S. The molecule has 1 aliphatic heterocycles. The predicted molar refractivity (Wildman–Crippen MR) is 125 cm³/mol. The smallest absolute Gasteiger partial charge is 0.344 e. The first-order valence-electron chi connectivity index (χ1n) is 10.7. The minimum Gasteiger partial charge on any atom is -0.482 e. The van der Waals surface area contributed by atoms with Crippen LogP contribution in [0.4, 0.5) is 11.4 Å². The van der Waals surface area contributed by atoms with E-state index in [-0.39, 0.29) is 29.9 Å². The van der Waals surface area contributed by atoms with Gasteiger partial charge in [-0.2, -0.15) is 0 Å². The maximum Gasteiger partial charge on any atom is 0.344 e. The van der Waals surface area contributed by atoms with Crippen molar-refractivity contribution in [3.63, 3.8) is 0 Å². The topological polar surface area (TPSA) is 122 Å². The largest absolute Gasteiger partial charge is 0.482 e. The number of sulfonamides is 1. The molecule has 0 bridgehead atoms. The SMILES string of the molecule is CC(=O)Nc1ccc(S(=O)(=O)N(C)c2ccc(OCC(=O)OCC(=O)N3CCCC3)cc2)cc1. The molecule has 1 saturated heterocycles. The third-order valence-electron chi connectivity index (χ3n) is 5.21. The van der Waals surface area contributed by atoms with Crippen LogP contribution in [0.3, 0.4) is 0 Å². The molecule has 0 radical (unpaired) electrons. The van der Waals surface area contributed by atoms with Crippen LogP contribution in [-0.4, -0.2) is 64.5 Å². The lowest BCUT2D eigenvalue weighted by molar-refractivity contribution is -0.153. The zero-order chi connectivity index (χ0) is 24.7. The van der Waals surface area contributed by atoms with Gasteiger partial charge in [-0.05, 0) is 61.4 Å². The summed E-state index contributed by atoms with van der Waals surface area (Å²) < 4.78 is 37.3. The number of hydrogen-bond donors (Lipinski definition) is 1. The quantitative estimate of drug-likeness (QED) is 0.535. The van der Waals surface area contributed by atoms with Crippen LogP contribution in [0, 0.1) is 0 Å². The fourth-order valence-corrected chi connectivity index (χ4v) is 4.54. The van der Waals surface area contributed by atoms with E-state index in [9.17, 15) is 22.8 Å². The number of anilines is 2. The molecule has 0 aliphatic carbocycles. The number of esters is 1. The molecule has 1 fully saturated rings. The maximum absolute atomic E-state index is 12.9. The molecule has 0 saturated carbocycles. The van der Waals surface area contributed by atoms with E-state index in [1.165, 1.54) is 50.4 Å². The minimum atomic E-state index is -3.83. The van der Waals surface area contributed by atoms with Gasteiger partial charge in [-0.15, -0.1) is 0 Å². The highest BCUT2D eigenvalue weighted by molar-refractivity contribution is 7.92. The number of ether oxygens (including phenoxy) is 2. The molecule has 0 spiro atoms. The molecule has 0 aromatic heterocycles. The first-order chi connectivity index (χ1) is 16.2. The highest BCUT2D eigenvalue weighted by Gasteiger charge is 2.22. The van der Waals surface area contributed by atoms with Gasteiger partial charge in [-0.3, -0.25) is 13.9 Å². The van der Waals surface area contributed by atoms with E-state index in [1.807, 2.05) is 0 Å². The van der Waals surface area contributed by atoms with Crippen molar-refractivity contribution >= 4 is 39.2 Å². The lowest BCUT2D eigenvalue weighted by Crippen LogP contribution is -2.32. The Morgan fingerprint density at radius 3 is 2.18 bits per heavy atom. The second-order valence-corrected chi connectivity index (χ2v) is 9.68. The highest BCUT2D eigenvalue weighted by atomic mass is 32.2.